The van der Waals surface area contributed by atoms with Crippen molar-refractivity contribution in [1.29, 1.82) is 0 Å². The fourth-order valence-corrected chi connectivity index (χ4v) is 3.80. The summed E-state index contributed by atoms with van der Waals surface area (Å²) in [6.45, 7) is 5.01. The van der Waals surface area contributed by atoms with E-state index in [4.69, 9.17) is 4.74 Å². The van der Waals surface area contributed by atoms with Crippen LogP contribution in [0, 0.1) is 11.2 Å². The molecular weight excluding hydrogens is 446 g/mol. The topological polar surface area (TPSA) is 40.1 Å². The van der Waals surface area contributed by atoms with Gasteiger partial charge in [-0.1, -0.05) is 6.07 Å². The van der Waals surface area contributed by atoms with Crippen LogP contribution in [0.15, 0.2) is 23.2 Å². The van der Waals surface area contributed by atoms with Crippen molar-refractivity contribution in [2.45, 2.75) is 25.9 Å². The Balaban J connectivity index is 0.00000243. The largest absolute Gasteiger partial charge is 0.381 e. The minimum absolute atomic E-state index is 0. The highest BCUT2D eigenvalue weighted by atomic mass is 127. The zero-order valence-corrected chi connectivity index (χ0v) is 18.3. The average molecular weight is 476 g/mol. The number of nitrogens with one attached hydrogen (secondary N) is 1. The van der Waals surface area contributed by atoms with Crippen LogP contribution in [-0.2, 0) is 17.8 Å². The van der Waals surface area contributed by atoms with Gasteiger partial charge in [0.2, 0.25) is 0 Å². The first kappa shape index (κ1) is 21.4. The van der Waals surface area contributed by atoms with Crippen molar-refractivity contribution in [2.24, 2.45) is 10.4 Å². The van der Waals surface area contributed by atoms with Crippen LogP contribution in [0.5, 0.6) is 0 Å². The van der Waals surface area contributed by atoms with Crippen molar-refractivity contribution >= 4 is 29.9 Å². The Labute approximate surface area is 173 Å². The number of hydrogen-bond acceptors (Lipinski definition) is 3. The quantitative estimate of drug-likeness (QED) is 0.412. The van der Waals surface area contributed by atoms with E-state index in [9.17, 15) is 4.39 Å². The summed E-state index contributed by atoms with van der Waals surface area (Å²) in [4.78, 5) is 8.73. The number of likely N-dealkylation sites (tertiary alicyclic amines) is 1. The number of aliphatic imine (C=N–C) groups is 1. The Morgan fingerprint density at radius 3 is 2.85 bits per heavy atom. The summed E-state index contributed by atoms with van der Waals surface area (Å²) in [5.41, 5.74) is 2.10. The smallest absolute Gasteiger partial charge is 0.193 e. The van der Waals surface area contributed by atoms with E-state index < -0.39 is 0 Å². The molecule has 2 fully saturated rings. The normalized spacial score (nSPS) is 23.0. The van der Waals surface area contributed by atoms with Gasteiger partial charge < -0.3 is 19.9 Å². The molecule has 2 aliphatic heterocycles. The Kier molecular flexibility index (Phi) is 7.66. The molecule has 0 bridgehead atoms. The molecule has 1 spiro atoms. The summed E-state index contributed by atoms with van der Waals surface area (Å²) in [5, 5.41) is 3.43. The second-order valence-electron chi connectivity index (χ2n) is 7.54. The predicted molar refractivity (Wildman–Crippen MR) is 113 cm³/mol. The van der Waals surface area contributed by atoms with Crippen molar-refractivity contribution in [1.82, 2.24) is 15.1 Å². The molecule has 2 saturated heterocycles. The minimum Gasteiger partial charge on any atom is -0.381 e. The Morgan fingerprint density at radius 2 is 2.19 bits per heavy atom. The summed E-state index contributed by atoms with van der Waals surface area (Å²) in [6.07, 6.45) is 2.31. The predicted octanol–water partition coefficient (Wildman–Crippen LogP) is 2.69. The molecule has 7 heteroatoms. The van der Waals surface area contributed by atoms with E-state index in [0.29, 0.717) is 18.5 Å². The van der Waals surface area contributed by atoms with E-state index in [1.807, 2.05) is 38.2 Å². The third-order valence-corrected chi connectivity index (χ3v) is 5.18. The molecule has 1 unspecified atom stereocenters. The molecule has 1 aromatic rings. The molecule has 2 aliphatic rings. The monoisotopic (exact) mass is 476 g/mol. The fourth-order valence-electron chi connectivity index (χ4n) is 3.80. The van der Waals surface area contributed by atoms with Gasteiger partial charge in [-0.05, 0) is 44.6 Å². The zero-order valence-electron chi connectivity index (χ0n) is 15.9. The van der Waals surface area contributed by atoms with E-state index in [1.165, 1.54) is 0 Å². The van der Waals surface area contributed by atoms with Gasteiger partial charge in [-0.2, -0.15) is 0 Å². The lowest BCUT2D eigenvalue weighted by molar-refractivity contribution is 0.156. The summed E-state index contributed by atoms with van der Waals surface area (Å²) < 4.78 is 19.5. The lowest BCUT2D eigenvalue weighted by atomic mass is 9.87. The van der Waals surface area contributed by atoms with E-state index in [2.05, 4.69) is 15.2 Å². The maximum atomic E-state index is 13.9. The van der Waals surface area contributed by atoms with Crippen LogP contribution in [-0.4, -0.2) is 63.2 Å². The van der Waals surface area contributed by atoms with Crippen LogP contribution >= 0.6 is 24.0 Å². The van der Waals surface area contributed by atoms with Gasteiger partial charge in [0.25, 0.3) is 0 Å². The molecule has 1 atom stereocenters. The first-order valence-electron chi connectivity index (χ1n) is 8.97. The van der Waals surface area contributed by atoms with Crippen LogP contribution < -0.4 is 5.32 Å². The number of nitrogens with zero attached hydrogens (tertiary/aromatic N) is 3. The second kappa shape index (κ2) is 9.32. The van der Waals surface area contributed by atoms with Gasteiger partial charge in [-0.3, -0.25) is 4.99 Å². The average Bonchev–Trinajstić information content (AvgIpc) is 3.21. The van der Waals surface area contributed by atoms with Crippen LogP contribution in [0.1, 0.15) is 24.0 Å². The van der Waals surface area contributed by atoms with Gasteiger partial charge >= 0.3 is 0 Å². The molecule has 3 rings (SSSR count). The van der Waals surface area contributed by atoms with Crippen molar-refractivity contribution in [3.8, 4) is 0 Å². The summed E-state index contributed by atoms with van der Waals surface area (Å²) >= 11 is 0. The molecule has 0 saturated carbocycles. The standard InChI is InChI=1S/C19H29FN4O.HI/c1-21-18(24-8-6-19(13-24)7-9-25-14-19)22-11-15-4-5-17(20)16(10-15)12-23(2)3;/h4-5,10H,6-9,11-14H2,1-3H3,(H,21,22);1H. The molecule has 0 aromatic heterocycles. The molecule has 0 amide bonds. The van der Waals surface area contributed by atoms with E-state index in [0.717, 1.165) is 56.2 Å². The van der Waals surface area contributed by atoms with Crippen LogP contribution in [0.4, 0.5) is 4.39 Å². The SMILES string of the molecule is CN=C(NCc1ccc(F)c(CN(C)C)c1)N1CCC2(CCOC2)C1.I. The molecule has 1 aromatic carbocycles. The van der Waals surface area contributed by atoms with Crippen molar-refractivity contribution in [2.75, 3.05) is 47.4 Å². The molecule has 0 aliphatic carbocycles. The first-order valence-corrected chi connectivity index (χ1v) is 8.97. The summed E-state index contributed by atoms with van der Waals surface area (Å²) in [6, 6.07) is 5.33. The first-order chi connectivity index (χ1) is 12.0. The molecule has 146 valence electrons. The third-order valence-electron chi connectivity index (χ3n) is 5.18. The summed E-state index contributed by atoms with van der Waals surface area (Å²) in [7, 11) is 5.71. The molecule has 1 N–H and O–H groups in total. The second-order valence-corrected chi connectivity index (χ2v) is 7.54. The van der Waals surface area contributed by atoms with Crippen LogP contribution in [0.25, 0.3) is 0 Å². The van der Waals surface area contributed by atoms with E-state index in [1.54, 1.807) is 6.07 Å². The number of rotatable bonds is 4. The van der Waals surface area contributed by atoms with Crippen molar-refractivity contribution < 1.29 is 9.13 Å². The van der Waals surface area contributed by atoms with Gasteiger partial charge in [0.05, 0.1) is 6.61 Å². The number of guanidine groups is 1. The maximum Gasteiger partial charge on any atom is 0.193 e. The maximum absolute atomic E-state index is 13.9. The van der Waals surface area contributed by atoms with E-state index in [-0.39, 0.29) is 29.8 Å². The van der Waals surface area contributed by atoms with Crippen molar-refractivity contribution in [3.05, 3.63) is 35.1 Å². The third kappa shape index (κ3) is 5.07. The zero-order chi connectivity index (χ0) is 17.9. The van der Waals surface area contributed by atoms with Crippen LogP contribution in [0.2, 0.25) is 0 Å². The molecule has 2 heterocycles. The van der Waals surface area contributed by atoms with E-state index >= 15 is 0 Å². The number of benzene rings is 1. The Hall–Kier alpha value is -0.930. The number of hydrogen-bond donors (Lipinski definition) is 1. The van der Waals surface area contributed by atoms with Gasteiger partial charge in [0.1, 0.15) is 5.82 Å². The number of halogens is 2. The Morgan fingerprint density at radius 1 is 1.38 bits per heavy atom. The van der Waals surface area contributed by atoms with Crippen LogP contribution in [0.3, 0.4) is 0 Å². The molecule has 26 heavy (non-hydrogen) atoms. The highest BCUT2D eigenvalue weighted by Crippen LogP contribution is 2.38. The van der Waals surface area contributed by atoms with Gasteiger partial charge in [0.15, 0.2) is 5.96 Å². The Bertz CT molecular complexity index is 632. The van der Waals surface area contributed by atoms with Crippen molar-refractivity contribution in [3.63, 3.8) is 0 Å². The molecule has 5 nitrogen and oxygen atoms in total. The summed E-state index contributed by atoms with van der Waals surface area (Å²) in [5.74, 6) is 0.770. The molecular formula is C19H30FIN4O. The van der Waals surface area contributed by atoms with Gasteiger partial charge in [-0.25, -0.2) is 4.39 Å². The lowest BCUT2D eigenvalue weighted by Gasteiger charge is -2.25. The number of ether oxygens (including phenoxy) is 1. The minimum atomic E-state index is -0.149. The van der Waals surface area contributed by atoms with Gasteiger partial charge in [-0.15, -0.1) is 24.0 Å². The highest BCUT2D eigenvalue weighted by molar-refractivity contribution is 14.0. The van der Waals surface area contributed by atoms with Gasteiger partial charge in [0, 0.05) is 50.8 Å². The highest BCUT2D eigenvalue weighted by Gasteiger charge is 2.42. The lowest BCUT2D eigenvalue weighted by Crippen LogP contribution is -2.41. The fraction of sp³-hybridized carbons (Fsp3) is 0.632. The molecule has 0 radical (unpaired) electrons.